The fourth-order valence-electron chi connectivity index (χ4n) is 3.45. The Morgan fingerprint density at radius 3 is 2.38 bits per heavy atom. The van der Waals surface area contributed by atoms with Gasteiger partial charge in [0, 0.05) is 24.6 Å². The summed E-state index contributed by atoms with van der Waals surface area (Å²) in [6.45, 7) is 3.14. The van der Waals surface area contributed by atoms with E-state index >= 15 is 0 Å². The van der Waals surface area contributed by atoms with Crippen LogP contribution in [0.2, 0.25) is 0 Å². The number of furan rings is 1. The van der Waals surface area contributed by atoms with Crippen LogP contribution in [0.5, 0.6) is 0 Å². The largest absolute Gasteiger partial charge is 0.436 e. The molecule has 0 saturated heterocycles. The molecular formula is C25H27N3O. The second-order valence-electron chi connectivity index (χ2n) is 7.34. The number of fused-ring (bicyclic) bond motifs is 1. The van der Waals surface area contributed by atoms with Crippen LogP contribution in [0.3, 0.4) is 0 Å². The van der Waals surface area contributed by atoms with Crippen molar-refractivity contribution in [2.75, 3.05) is 11.9 Å². The molecule has 4 heteroatoms. The maximum Gasteiger partial charge on any atom is 0.246 e. The first-order valence-electron chi connectivity index (χ1n) is 10.5. The maximum atomic E-state index is 6.04. The molecule has 2 heterocycles. The molecule has 4 nitrogen and oxygen atoms in total. The summed E-state index contributed by atoms with van der Waals surface area (Å²) in [6, 6.07) is 22.4. The van der Waals surface area contributed by atoms with Gasteiger partial charge in [0.1, 0.15) is 17.1 Å². The molecule has 4 rings (SSSR count). The molecule has 0 amide bonds. The van der Waals surface area contributed by atoms with E-state index in [1.165, 1.54) is 24.8 Å². The zero-order valence-electron chi connectivity index (χ0n) is 16.9. The topological polar surface area (TPSA) is 51.0 Å². The SMILES string of the molecule is CCCCCCNc1nc2cc(-c3ccccc3)oc2nc1Cc1ccccc1. The van der Waals surface area contributed by atoms with Crippen molar-refractivity contribution in [3.8, 4) is 11.3 Å². The first kappa shape index (κ1) is 19.2. The molecule has 0 fully saturated rings. The van der Waals surface area contributed by atoms with E-state index in [1.54, 1.807) is 0 Å². The van der Waals surface area contributed by atoms with Crippen molar-refractivity contribution in [2.45, 2.75) is 39.0 Å². The van der Waals surface area contributed by atoms with Gasteiger partial charge in [-0.1, -0.05) is 86.8 Å². The number of unbranched alkanes of at least 4 members (excludes halogenated alkanes) is 3. The van der Waals surface area contributed by atoms with Gasteiger partial charge in [-0.25, -0.2) is 9.97 Å². The average Bonchev–Trinajstić information content (AvgIpc) is 3.18. The standard InChI is InChI=1S/C25H27N3O/c1-2-3-4-11-16-26-24-21(17-19-12-7-5-8-13-19)28-25-22(27-24)18-23(29-25)20-14-9-6-10-15-20/h5-10,12-15,18H,2-4,11,16-17H2,1H3,(H,26,27). The molecule has 0 aliphatic rings. The van der Waals surface area contributed by atoms with Crippen LogP contribution in [-0.2, 0) is 6.42 Å². The van der Waals surface area contributed by atoms with E-state index in [0.717, 1.165) is 47.7 Å². The van der Waals surface area contributed by atoms with Gasteiger partial charge in [-0.3, -0.25) is 0 Å². The lowest BCUT2D eigenvalue weighted by atomic mass is 10.1. The van der Waals surface area contributed by atoms with Gasteiger partial charge >= 0.3 is 0 Å². The molecular weight excluding hydrogens is 358 g/mol. The number of benzene rings is 2. The molecule has 148 valence electrons. The van der Waals surface area contributed by atoms with E-state index < -0.39 is 0 Å². The Hall–Kier alpha value is -3.14. The van der Waals surface area contributed by atoms with Gasteiger partial charge in [-0.2, -0.15) is 0 Å². The summed E-state index contributed by atoms with van der Waals surface area (Å²) >= 11 is 0. The summed E-state index contributed by atoms with van der Waals surface area (Å²) in [7, 11) is 0. The fraction of sp³-hybridized carbons (Fsp3) is 0.280. The Labute approximate surface area is 172 Å². The number of rotatable bonds is 9. The van der Waals surface area contributed by atoms with Crippen molar-refractivity contribution in [1.29, 1.82) is 0 Å². The van der Waals surface area contributed by atoms with Crippen molar-refractivity contribution >= 4 is 17.0 Å². The Morgan fingerprint density at radius 1 is 0.862 bits per heavy atom. The average molecular weight is 386 g/mol. The minimum Gasteiger partial charge on any atom is -0.436 e. The molecule has 1 N–H and O–H groups in total. The molecule has 0 radical (unpaired) electrons. The van der Waals surface area contributed by atoms with Crippen molar-refractivity contribution in [1.82, 2.24) is 9.97 Å². The molecule has 0 atom stereocenters. The Balaban J connectivity index is 1.64. The normalized spacial score (nSPS) is 11.1. The van der Waals surface area contributed by atoms with E-state index in [0.29, 0.717) is 5.71 Å². The van der Waals surface area contributed by atoms with Crippen LogP contribution in [0.4, 0.5) is 5.82 Å². The van der Waals surface area contributed by atoms with Gasteiger partial charge in [0.05, 0.1) is 5.69 Å². The molecule has 0 aliphatic carbocycles. The van der Waals surface area contributed by atoms with E-state index in [9.17, 15) is 0 Å². The second kappa shape index (κ2) is 9.37. The van der Waals surface area contributed by atoms with Crippen LogP contribution in [0, 0.1) is 0 Å². The summed E-state index contributed by atoms with van der Waals surface area (Å²) in [4.78, 5) is 9.71. The number of nitrogens with one attached hydrogen (secondary N) is 1. The van der Waals surface area contributed by atoms with Gasteiger partial charge in [0.25, 0.3) is 0 Å². The third kappa shape index (κ3) is 4.83. The second-order valence-corrected chi connectivity index (χ2v) is 7.34. The van der Waals surface area contributed by atoms with Crippen LogP contribution >= 0.6 is 0 Å². The smallest absolute Gasteiger partial charge is 0.246 e. The highest BCUT2D eigenvalue weighted by Gasteiger charge is 2.14. The van der Waals surface area contributed by atoms with Crippen LogP contribution in [0.25, 0.3) is 22.6 Å². The highest BCUT2D eigenvalue weighted by molar-refractivity contribution is 5.78. The molecule has 0 aliphatic heterocycles. The highest BCUT2D eigenvalue weighted by Crippen LogP contribution is 2.28. The predicted octanol–water partition coefficient (Wildman–Crippen LogP) is 6.47. The van der Waals surface area contributed by atoms with E-state index in [1.807, 2.05) is 42.5 Å². The summed E-state index contributed by atoms with van der Waals surface area (Å²) < 4.78 is 6.04. The van der Waals surface area contributed by atoms with Crippen LogP contribution in [-0.4, -0.2) is 16.5 Å². The number of nitrogens with zero attached hydrogens (tertiary/aromatic N) is 2. The zero-order chi connectivity index (χ0) is 19.9. The van der Waals surface area contributed by atoms with Gasteiger partial charge < -0.3 is 9.73 Å². The Kier molecular flexibility index (Phi) is 6.20. The van der Waals surface area contributed by atoms with E-state index in [4.69, 9.17) is 14.4 Å². The van der Waals surface area contributed by atoms with Gasteiger partial charge in [0.15, 0.2) is 0 Å². The van der Waals surface area contributed by atoms with Crippen LogP contribution in [0.1, 0.15) is 43.9 Å². The predicted molar refractivity (Wildman–Crippen MR) is 119 cm³/mol. The third-order valence-electron chi connectivity index (χ3n) is 5.03. The molecule has 0 bridgehead atoms. The molecule has 29 heavy (non-hydrogen) atoms. The Morgan fingerprint density at radius 2 is 1.62 bits per heavy atom. The number of hydrogen-bond acceptors (Lipinski definition) is 4. The molecule has 0 unspecified atom stereocenters. The summed E-state index contributed by atoms with van der Waals surface area (Å²) in [5.74, 6) is 1.66. The van der Waals surface area contributed by atoms with Crippen molar-refractivity contribution in [3.63, 3.8) is 0 Å². The number of hydrogen-bond donors (Lipinski definition) is 1. The first-order chi connectivity index (χ1) is 14.3. The zero-order valence-corrected chi connectivity index (χ0v) is 16.9. The Bertz CT molecular complexity index is 1040. The van der Waals surface area contributed by atoms with Crippen molar-refractivity contribution in [2.24, 2.45) is 0 Å². The molecule has 2 aromatic heterocycles. The van der Waals surface area contributed by atoms with Crippen LogP contribution < -0.4 is 5.32 Å². The molecule has 4 aromatic rings. The van der Waals surface area contributed by atoms with Gasteiger partial charge in [-0.15, -0.1) is 0 Å². The number of aromatic nitrogens is 2. The highest BCUT2D eigenvalue weighted by atomic mass is 16.3. The first-order valence-corrected chi connectivity index (χ1v) is 10.5. The van der Waals surface area contributed by atoms with Crippen molar-refractivity contribution in [3.05, 3.63) is 78.0 Å². The lowest BCUT2D eigenvalue weighted by Gasteiger charge is -2.10. The van der Waals surface area contributed by atoms with Crippen LogP contribution in [0.15, 0.2) is 71.1 Å². The monoisotopic (exact) mass is 385 g/mol. The molecule has 2 aromatic carbocycles. The van der Waals surface area contributed by atoms with E-state index in [2.05, 4.69) is 36.5 Å². The summed E-state index contributed by atoms with van der Waals surface area (Å²) in [5.41, 5.74) is 4.55. The third-order valence-corrected chi connectivity index (χ3v) is 5.03. The van der Waals surface area contributed by atoms with Gasteiger partial charge in [0.2, 0.25) is 5.71 Å². The molecule has 0 saturated carbocycles. The number of anilines is 1. The quantitative estimate of drug-likeness (QED) is 0.335. The summed E-state index contributed by atoms with van der Waals surface area (Å²) in [5, 5.41) is 3.52. The van der Waals surface area contributed by atoms with E-state index in [-0.39, 0.29) is 0 Å². The minimum absolute atomic E-state index is 0.589. The summed E-state index contributed by atoms with van der Waals surface area (Å²) in [6.07, 6.45) is 5.60. The lowest BCUT2D eigenvalue weighted by Crippen LogP contribution is -2.08. The lowest BCUT2D eigenvalue weighted by molar-refractivity contribution is 0.615. The minimum atomic E-state index is 0.589. The fourth-order valence-corrected chi connectivity index (χ4v) is 3.45. The van der Waals surface area contributed by atoms with Crippen molar-refractivity contribution < 1.29 is 4.42 Å². The maximum absolute atomic E-state index is 6.04. The molecule has 0 spiro atoms. The van der Waals surface area contributed by atoms with Gasteiger partial charge in [-0.05, 0) is 12.0 Å².